The topological polar surface area (TPSA) is 36.9 Å². The van der Waals surface area contributed by atoms with E-state index in [0.29, 0.717) is 0 Å². The summed E-state index contributed by atoms with van der Waals surface area (Å²) in [6.07, 6.45) is 0. The number of ether oxygens (including phenoxy) is 4. The van der Waals surface area contributed by atoms with Crippen molar-refractivity contribution in [2.75, 3.05) is 28.4 Å². The number of thiophene rings is 2. The summed E-state index contributed by atoms with van der Waals surface area (Å²) in [7, 11) is 6.73. The van der Waals surface area contributed by atoms with E-state index in [0.717, 1.165) is 23.0 Å². The number of rotatable bonds is 8. The Bertz CT molecular complexity index is 1430. The lowest BCUT2D eigenvalue weighted by molar-refractivity contribution is 0.414. The number of hydrogen-bond donors (Lipinski definition) is 0. The first-order valence-electron chi connectivity index (χ1n) is 13.3. The van der Waals surface area contributed by atoms with Crippen molar-refractivity contribution in [3.05, 3.63) is 119 Å². The lowest BCUT2D eigenvalue weighted by Gasteiger charge is -2.07. The van der Waals surface area contributed by atoms with Crippen molar-refractivity contribution in [1.29, 1.82) is 0 Å². The van der Waals surface area contributed by atoms with Gasteiger partial charge >= 0.3 is 0 Å². The third-order valence-corrected chi connectivity index (χ3v) is 8.59. The number of hydrogen-bond acceptors (Lipinski definition) is 6. The molecule has 0 fully saturated rings. The largest absolute Gasteiger partial charge is 0.497 e. The zero-order valence-electron chi connectivity index (χ0n) is 24.0. The van der Waals surface area contributed by atoms with Gasteiger partial charge in [0.2, 0.25) is 0 Å². The Kier molecular flexibility index (Phi) is 9.59. The zero-order chi connectivity index (χ0) is 29.3. The smallest absolute Gasteiger partial charge is 0.118 e. The molecule has 0 atom stereocenters. The van der Waals surface area contributed by atoms with Gasteiger partial charge in [-0.2, -0.15) is 11.3 Å². The van der Waals surface area contributed by atoms with E-state index in [2.05, 4.69) is 70.7 Å². The molecule has 0 spiro atoms. The van der Waals surface area contributed by atoms with Crippen LogP contribution in [-0.2, 0) is 0 Å². The first-order chi connectivity index (χ1) is 20.6. The van der Waals surface area contributed by atoms with Crippen LogP contribution < -0.4 is 18.9 Å². The second kappa shape index (κ2) is 13.9. The highest BCUT2D eigenvalue weighted by atomic mass is 32.1. The molecule has 2 heterocycles. The van der Waals surface area contributed by atoms with E-state index >= 15 is 0 Å². The molecular weight excluding hydrogens is 561 g/mol. The Hall–Kier alpha value is -4.52. The summed E-state index contributed by atoms with van der Waals surface area (Å²) < 4.78 is 20.9. The maximum absolute atomic E-state index is 5.22. The molecule has 6 heteroatoms. The Morgan fingerprint density at radius 3 is 1.07 bits per heavy atom. The molecule has 0 saturated heterocycles. The minimum Gasteiger partial charge on any atom is -0.497 e. The molecule has 0 aliphatic carbocycles. The van der Waals surface area contributed by atoms with Gasteiger partial charge in [-0.15, -0.1) is 11.3 Å². The second-order valence-electron chi connectivity index (χ2n) is 9.28. The normalized spacial score (nSPS) is 10.4. The van der Waals surface area contributed by atoms with Crippen LogP contribution in [0, 0.1) is 0 Å². The van der Waals surface area contributed by atoms with Crippen LogP contribution in [0.4, 0.5) is 0 Å². The molecule has 4 nitrogen and oxygen atoms in total. The fraction of sp³-hybridized carbons (Fsp3) is 0.111. The molecule has 6 aromatic rings. The highest BCUT2D eigenvalue weighted by Gasteiger charge is 2.10. The van der Waals surface area contributed by atoms with Crippen molar-refractivity contribution in [2.45, 2.75) is 0 Å². The summed E-state index contributed by atoms with van der Waals surface area (Å²) in [5, 5.41) is 6.49. The van der Waals surface area contributed by atoms with Gasteiger partial charge in [-0.05, 0) is 105 Å². The van der Waals surface area contributed by atoms with Gasteiger partial charge < -0.3 is 18.9 Å². The van der Waals surface area contributed by atoms with E-state index in [1.807, 2.05) is 48.5 Å². The van der Waals surface area contributed by atoms with E-state index in [9.17, 15) is 0 Å². The lowest BCUT2D eigenvalue weighted by atomic mass is 9.99. The van der Waals surface area contributed by atoms with E-state index in [4.69, 9.17) is 18.9 Å². The Balaban J connectivity index is 0.000000168. The van der Waals surface area contributed by atoms with Crippen molar-refractivity contribution >= 4 is 22.7 Å². The third-order valence-electron chi connectivity index (χ3n) is 6.88. The Morgan fingerprint density at radius 2 is 0.714 bits per heavy atom. The molecule has 42 heavy (non-hydrogen) atoms. The van der Waals surface area contributed by atoms with E-state index in [-0.39, 0.29) is 0 Å². The highest BCUT2D eigenvalue weighted by Crippen LogP contribution is 2.38. The Morgan fingerprint density at radius 1 is 0.381 bits per heavy atom. The molecule has 0 radical (unpaired) electrons. The van der Waals surface area contributed by atoms with Gasteiger partial charge in [-0.1, -0.05) is 36.4 Å². The van der Waals surface area contributed by atoms with Crippen LogP contribution in [-0.4, -0.2) is 28.4 Å². The lowest BCUT2D eigenvalue weighted by Crippen LogP contribution is -1.84. The molecule has 0 amide bonds. The molecule has 6 rings (SSSR count). The monoisotopic (exact) mass is 592 g/mol. The minimum absolute atomic E-state index is 0.875. The van der Waals surface area contributed by atoms with Crippen LogP contribution >= 0.6 is 22.7 Å². The molecule has 0 unspecified atom stereocenters. The molecule has 4 aromatic carbocycles. The summed E-state index contributed by atoms with van der Waals surface area (Å²) in [6.45, 7) is 0. The summed E-state index contributed by atoms with van der Waals surface area (Å²) in [5.74, 6) is 3.50. The van der Waals surface area contributed by atoms with Crippen molar-refractivity contribution < 1.29 is 18.9 Å². The van der Waals surface area contributed by atoms with Gasteiger partial charge in [0.15, 0.2) is 0 Å². The number of benzene rings is 4. The molecule has 0 aliphatic heterocycles. The predicted molar refractivity (Wildman–Crippen MR) is 177 cm³/mol. The average Bonchev–Trinajstić information content (AvgIpc) is 3.76. The minimum atomic E-state index is 0.875. The summed E-state index contributed by atoms with van der Waals surface area (Å²) in [5.41, 5.74) is 8.53. The van der Waals surface area contributed by atoms with Crippen LogP contribution in [0.3, 0.4) is 0 Å². The second-order valence-corrected chi connectivity index (χ2v) is 10.9. The van der Waals surface area contributed by atoms with Gasteiger partial charge in [0.1, 0.15) is 23.0 Å². The molecule has 212 valence electrons. The zero-order valence-corrected chi connectivity index (χ0v) is 25.6. The van der Waals surface area contributed by atoms with Gasteiger partial charge in [-0.3, -0.25) is 0 Å². The molecule has 0 aliphatic rings. The van der Waals surface area contributed by atoms with Crippen molar-refractivity contribution in [3.8, 4) is 66.8 Å². The van der Waals surface area contributed by atoms with Gasteiger partial charge in [0, 0.05) is 21.6 Å². The SMILES string of the molecule is COc1ccc(-c2ccsc2-c2ccc(OC)cc2)cc1.COc1ccc(-c2cscc2-c2ccc(OC)cc2)cc1. The van der Waals surface area contributed by atoms with E-state index < -0.39 is 0 Å². The van der Waals surface area contributed by atoms with Crippen LogP contribution in [0.5, 0.6) is 23.0 Å². The maximum atomic E-state index is 5.22. The predicted octanol–water partition coefficient (Wildman–Crippen LogP) is 10.2. The fourth-order valence-electron chi connectivity index (χ4n) is 4.56. The van der Waals surface area contributed by atoms with Crippen LogP contribution in [0.2, 0.25) is 0 Å². The molecule has 2 aromatic heterocycles. The van der Waals surface area contributed by atoms with Crippen molar-refractivity contribution in [2.24, 2.45) is 0 Å². The number of methoxy groups -OCH3 is 4. The first-order valence-corrected chi connectivity index (χ1v) is 15.2. The molecule has 0 bridgehead atoms. The van der Waals surface area contributed by atoms with Crippen LogP contribution in [0.1, 0.15) is 0 Å². The first kappa shape index (κ1) is 29.0. The van der Waals surface area contributed by atoms with Crippen LogP contribution in [0.15, 0.2) is 119 Å². The van der Waals surface area contributed by atoms with Crippen molar-refractivity contribution in [1.82, 2.24) is 0 Å². The van der Waals surface area contributed by atoms with E-state index in [1.165, 1.54) is 43.8 Å². The standard InChI is InChI=1S/2C18H16O2S/c1-19-15-7-3-13(4-8-15)17-11-21-12-18(17)14-5-9-16(20-2)10-6-14;1-19-15-7-3-13(4-8-15)17-11-12-21-18(17)14-5-9-16(20-2)10-6-14/h2*3-12H,1-2H3. The van der Waals surface area contributed by atoms with Crippen molar-refractivity contribution in [3.63, 3.8) is 0 Å². The third kappa shape index (κ3) is 6.68. The molecule has 0 N–H and O–H groups in total. The fourth-order valence-corrected chi connectivity index (χ4v) is 6.35. The highest BCUT2D eigenvalue weighted by molar-refractivity contribution is 7.14. The quantitative estimate of drug-likeness (QED) is 0.176. The van der Waals surface area contributed by atoms with Gasteiger partial charge in [0.05, 0.1) is 28.4 Å². The van der Waals surface area contributed by atoms with E-state index in [1.54, 1.807) is 51.1 Å². The maximum Gasteiger partial charge on any atom is 0.118 e. The van der Waals surface area contributed by atoms with Gasteiger partial charge in [-0.25, -0.2) is 0 Å². The summed E-state index contributed by atoms with van der Waals surface area (Å²) >= 11 is 3.46. The molecular formula is C36H32O4S2. The van der Waals surface area contributed by atoms with Gasteiger partial charge in [0.25, 0.3) is 0 Å². The average molecular weight is 593 g/mol. The molecule has 0 saturated carbocycles. The summed E-state index contributed by atoms with van der Waals surface area (Å²) in [6, 6.07) is 34.8. The Labute approximate surface area is 255 Å². The van der Waals surface area contributed by atoms with Crippen LogP contribution in [0.25, 0.3) is 43.8 Å². The summed E-state index contributed by atoms with van der Waals surface area (Å²) in [4.78, 5) is 1.27.